The Morgan fingerprint density at radius 2 is 1.07 bits per heavy atom. The molecule has 2 heteroatoms. The van der Waals surface area contributed by atoms with E-state index >= 15 is 0 Å². The zero-order valence-electron chi connectivity index (χ0n) is 19.6. The van der Waals surface area contributed by atoms with Crippen molar-refractivity contribution in [2.75, 3.05) is 0 Å². The summed E-state index contributed by atoms with van der Waals surface area (Å²) in [5.74, 6) is 1.61. The number of para-hydroxylation sites is 1. The molecule has 0 aliphatic carbocycles. The molecule has 28 heavy (non-hydrogen) atoms. The smallest absolute Gasteiger partial charge is 0.127 e. The van der Waals surface area contributed by atoms with Gasteiger partial charge >= 0.3 is 0 Å². The van der Waals surface area contributed by atoms with Gasteiger partial charge in [0.25, 0.3) is 0 Å². The summed E-state index contributed by atoms with van der Waals surface area (Å²) in [7, 11) is 0. The zero-order valence-corrected chi connectivity index (χ0v) is 19.6. The van der Waals surface area contributed by atoms with Crippen molar-refractivity contribution in [3.05, 3.63) is 60.2 Å². The maximum atomic E-state index is 10.8. The lowest BCUT2D eigenvalue weighted by Crippen LogP contribution is -2.25. The second-order valence-corrected chi connectivity index (χ2v) is 6.18. The van der Waals surface area contributed by atoms with Gasteiger partial charge < -0.3 is 9.84 Å². The van der Waals surface area contributed by atoms with Gasteiger partial charge in [0, 0.05) is 0 Å². The van der Waals surface area contributed by atoms with Crippen LogP contribution in [0.15, 0.2) is 54.6 Å². The number of benzene rings is 2. The molecule has 160 valence electrons. The summed E-state index contributed by atoms with van der Waals surface area (Å²) in [5.41, 5.74) is 0.265. The molecule has 0 aliphatic heterocycles. The molecule has 2 aromatic rings. The van der Waals surface area contributed by atoms with Crippen molar-refractivity contribution in [3.63, 3.8) is 0 Å². The van der Waals surface area contributed by atoms with Crippen molar-refractivity contribution in [1.29, 1.82) is 0 Å². The van der Waals surface area contributed by atoms with Crippen LogP contribution >= 0.6 is 0 Å². The molecule has 0 radical (unpaired) electrons. The fourth-order valence-electron chi connectivity index (χ4n) is 2.70. The highest BCUT2D eigenvalue weighted by molar-refractivity contribution is 5.34. The molecule has 0 unspecified atom stereocenters. The molecule has 0 aliphatic rings. The fraction of sp³-hybridized carbons (Fsp3) is 0.538. The first-order chi connectivity index (χ1) is 13.6. The molecular formula is C26H44O2. The molecule has 0 saturated heterocycles. The molecule has 2 aromatic carbocycles. The third kappa shape index (κ3) is 11.1. The van der Waals surface area contributed by atoms with E-state index in [1.165, 1.54) is 6.42 Å². The summed E-state index contributed by atoms with van der Waals surface area (Å²) in [5, 5.41) is 10.8. The van der Waals surface area contributed by atoms with E-state index in [4.69, 9.17) is 4.74 Å². The molecule has 0 bridgehead atoms. The average Bonchev–Trinajstić information content (AvgIpc) is 2.73. The summed E-state index contributed by atoms with van der Waals surface area (Å²) in [6.07, 6.45) is 4.77. The average molecular weight is 389 g/mol. The summed E-state index contributed by atoms with van der Waals surface area (Å²) < 4.78 is 5.78. The normalized spacial score (nSPS) is 9.61. The second-order valence-electron chi connectivity index (χ2n) is 6.18. The first-order valence-corrected chi connectivity index (χ1v) is 11.1. The van der Waals surface area contributed by atoms with E-state index in [1.807, 2.05) is 82.3 Å². The molecule has 0 heterocycles. The largest absolute Gasteiger partial charge is 0.457 e. The minimum Gasteiger partial charge on any atom is -0.457 e. The highest BCUT2D eigenvalue weighted by Gasteiger charge is 2.26. The van der Waals surface area contributed by atoms with Crippen LogP contribution in [0.1, 0.15) is 93.1 Å². The minimum absolute atomic E-state index is 0.714. The van der Waals surface area contributed by atoms with Crippen LogP contribution < -0.4 is 4.74 Å². The Kier molecular flexibility index (Phi) is 18.8. The number of hydrogen-bond donors (Lipinski definition) is 1. The highest BCUT2D eigenvalue weighted by atomic mass is 16.5. The Bertz CT molecular complexity index is 540. The van der Waals surface area contributed by atoms with Crippen LogP contribution in [0.3, 0.4) is 0 Å². The first-order valence-electron chi connectivity index (χ1n) is 11.1. The molecule has 2 nitrogen and oxygen atoms in total. The third-order valence-corrected chi connectivity index (χ3v) is 3.70. The van der Waals surface area contributed by atoms with E-state index in [1.54, 1.807) is 0 Å². The van der Waals surface area contributed by atoms with Gasteiger partial charge in [-0.05, 0) is 42.7 Å². The Hall–Kier alpha value is -1.80. The number of aliphatic hydroxyl groups is 1. The third-order valence-electron chi connectivity index (χ3n) is 3.70. The molecule has 0 spiro atoms. The standard InChI is InChI=1S/C19H24O2.C3H8.2C2H6/c1-3-14-19(20,15-4-2)16-10-12-18(13-11-16)21-17-8-6-5-7-9-17;1-3-2;2*1-2/h5-13,20H,3-4,14-15H2,1-2H3;3H2,1-2H3;2*1-2H3. The summed E-state index contributed by atoms with van der Waals surface area (Å²) in [6.45, 7) is 16.5. The van der Waals surface area contributed by atoms with Gasteiger partial charge in [0.2, 0.25) is 0 Å². The van der Waals surface area contributed by atoms with E-state index in [9.17, 15) is 5.11 Å². The molecule has 0 fully saturated rings. The first kappa shape index (κ1) is 28.4. The van der Waals surface area contributed by atoms with Gasteiger partial charge in [-0.3, -0.25) is 0 Å². The maximum absolute atomic E-state index is 10.8. The molecule has 1 N–H and O–H groups in total. The lowest BCUT2D eigenvalue weighted by atomic mass is 9.85. The van der Waals surface area contributed by atoms with Gasteiger partial charge in [-0.2, -0.15) is 0 Å². The van der Waals surface area contributed by atoms with Crippen LogP contribution in [-0.2, 0) is 5.60 Å². The monoisotopic (exact) mass is 388 g/mol. The zero-order chi connectivity index (χ0) is 21.8. The van der Waals surface area contributed by atoms with Crippen molar-refractivity contribution < 1.29 is 9.84 Å². The van der Waals surface area contributed by atoms with E-state index in [0.29, 0.717) is 0 Å². The molecule has 0 saturated carbocycles. The summed E-state index contributed by atoms with van der Waals surface area (Å²) >= 11 is 0. The lowest BCUT2D eigenvalue weighted by molar-refractivity contribution is 0.0169. The molecule has 0 atom stereocenters. The van der Waals surface area contributed by atoms with Gasteiger partial charge in [-0.1, -0.05) is 105 Å². The van der Waals surface area contributed by atoms with Crippen LogP contribution in [-0.4, -0.2) is 5.11 Å². The topological polar surface area (TPSA) is 29.5 Å². The highest BCUT2D eigenvalue weighted by Crippen LogP contribution is 2.33. The Morgan fingerprint density at radius 3 is 1.46 bits per heavy atom. The predicted octanol–water partition coefficient (Wildman–Crippen LogP) is 8.74. The molecular weight excluding hydrogens is 344 g/mol. The quantitative estimate of drug-likeness (QED) is 0.513. The van der Waals surface area contributed by atoms with Gasteiger partial charge in [-0.15, -0.1) is 0 Å². The van der Waals surface area contributed by atoms with E-state index in [-0.39, 0.29) is 0 Å². The van der Waals surface area contributed by atoms with Crippen molar-refractivity contribution in [2.24, 2.45) is 0 Å². The van der Waals surface area contributed by atoms with Crippen LogP contribution in [0, 0.1) is 0 Å². The van der Waals surface area contributed by atoms with Crippen molar-refractivity contribution in [3.8, 4) is 11.5 Å². The summed E-state index contributed by atoms with van der Waals surface area (Å²) in [6, 6.07) is 17.5. The Morgan fingerprint density at radius 1 is 0.679 bits per heavy atom. The number of ether oxygens (including phenoxy) is 1. The van der Waals surface area contributed by atoms with E-state index in [2.05, 4.69) is 27.7 Å². The lowest BCUT2D eigenvalue weighted by Gasteiger charge is -2.28. The Labute approximate surface area is 175 Å². The van der Waals surface area contributed by atoms with E-state index in [0.717, 1.165) is 42.7 Å². The Balaban J connectivity index is 0. The van der Waals surface area contributed by atoms with Gasteiger partial charge in [-0.25, -0.2) is 0 Å². The second kappa shape index (κ2) is 18.6. The summed E-state index contributed by atoms with van der Waals surface area (Å²) in [4.78, 5) is 0. The van der Waals surface area contributed by atoms with Crippen molar-refractivity contribution in [1.82, 2.24) is 0 Å². The molecule has 2 rings (SSSR count). The predicted molar refractivity (Wildman–Crippen MR) is 125 cm³/mol. The molecule has 0 amide bonds. The number of hydrogen-bond acceptors (Lipinski definition) is 2. The van der Waals surface area contributed by atoms with Crippen LogP contribution in [0.5, 0.6) is 11.5 Å². The van der Waals surface area contributed by atoms with Crippen LogP contribution in [0.2, 0.25) is 0 Å². The van der Waals surface area contributed by atoms with Crippen molar-refractivity contribution in [2.45, 2.75) is 93.1 Å². The van der Waals surface area contributed by atoms with Gasteiger partial charge in [0.1, 0.15) is 11.5 Å². The minimum atomic E-state index is -0.714. The van der Waals surface area contributed by atoms with Gasteiger partial charge in [0.15, 0.2) is 0 Å². The fourth-order valence-corrected chi connectivity index (χ4v) is 2.70. The maximum Gasteiger partial charge on any atom is 0.127 e. The molecule has 0 aromatic heterocycles. The van der Waals surface area contributed by atoms with Crippen molar-refractivity contribution >= 4 is 0 Å². The van der Waals surface area contributed by atoms with Crippen LogP contribution in [0.4, 0.5) is 0 Å². The van der Waals surface area contributed by atoms with Crippen LogP contribution in [0.25, 0.3) is 0 Å². The van der Waals surface area contributed by atoms with E-state index < -0.39 is 5.60 Å². The SMILES string of the molecule is CC.CC.CCC.CCCC(O)(CCC)c1ccc(Oc2ccccc2)cc1. The number of rotatable bonds is 7. The van der Waals surface area contributed by atoms with Gasteiger partial charge in [0.05, 0.1) is 5.60 Å².